The van der Waals surface area contributed by atoms with E-state index in [1.807, 2.05) is 0 Å². The Hall–Kier alpha value is -0.120. The van der Waals surface area contributed by atoms with Crippen molar-refractivity contribution >= 4 is 0 Å². The van der Waals surface area contributed by atoms with Crippen LogP contribution >= 0.6 is 0 Å². The molecule has 1 unspecified atom stereocenters. The van der Waals surface area contributed by atoms with Gasteiger partial charge in [-0.2, -0.15) is 0 Å². The predicted molar refractivity (Wildman–Crippen MR) is 73.3 cm³/mol. The molecule has 0 aromatic heterocycles. The lowest BCUT2D eigenvalue weighted by molar-refractivity contribution is 0.150. The van der Waals surface area contributed by atoms with Gasteiger partial charge in [0.25, 0.3) is 0 Å². The third-order valence-electron chi connectivity index (χ3n) is 4.32. The number of piperidine rings is 2. The Morgan fingerprint density at radius 2 is 1.82 bits per heavy atom. The van der Waals surface area contributed by atoms with Gasteiger partial charge in [0.05, 0.1) is 0 Å². The smallest absolute Gasteiger partial charge is 0.00190 e. The summed E-state index contributed by atoms with van der Waals surface area (Å²) in [7, 11) is 4.58. The van der Waals surface area contributed by atoms with Crippen LogP contribution in [0.3, 0.4) is 0 Å². The van der Waals surface area contributed by atoms with E-state index >= 15 is 0 Å². The average molecular weight is 239 g/mol. The van der Waals surface area contributed by atoms with Crippen molar-refractivity contribution in [2.45, 2.75) is 25.7 Å². The topological polar surface area (TPSA) is 18.5 Å². The molecule has 3 heteroatoms. The molecule has 2 heterocycles. The minimum absolute atomic E-state index is 0.903. The lowest BCUT2D eigenvalue weighted by atomic mass is 9.95. The van der Waals surface area contributed by atoms with E-state index in [0.29, 0.717) is 0 Å². The number of nitrogens with one attached hydrogen (secondary N) is 1. The van der Waals surface area contributed by atoms with E-state index in [4.69, 9.17) is 0 Å². The molecule has 2 rings (SSSR count). The maximum atomic E-state index is 3.45. The maximum Gasteiger partial charge on any atom is 0.00190 e. The molecule has 0 spiro atoms. The first kappa shape index (κ1) is 13.3. The minimum atomic E-state index is 0.903. The minimum Gasteiger partial charge on any atom is -0.317 e. The first-order chi connectivity index (χ1) is 8.24. The third-order valence-corrected chi connectivity index (χ3v) is 4.32. The molecule has 1 N–H and O–H groups in total. The van der Waals surface area contributed by atoms with Gasteiger partial charge in [-0.05, 0) is 71.2 Å². The standard InChI is InChI=1S/C14H29N3/c1-16-9-3-4-14(11-16)12-17(2)10-13-5-7-15-8-6-13/h13-15H,3-12H2,1-2H3. The normalized spacial score (nSPS) is 28.8. The molecule has 17 heavy (non-hydrogen) atoms. The first-order valence-corrected chi connectivity index (χ1v) is 7.32. The molecule has 2 aliphatic heterocycles. The summed E-state index contributed by atoms with van der Waals surface area (Å²) in [6.07, 6.45) is 5.56. The molecule has 100 valence electrons. The number of hydrogen-bond acceptors (Lipinski definition) is 3. The van der Waals surface area contributed by atoms with Crippen molar-refractivity contribution in [3.05, 3.63) is 0 Å². The summed E-state index contributed by atoms with van der Waals surface area (Å²) in [5.41, 5.74) is 0. The van der Waals surface area contributed by atoms with E-state index in [1.165, 1.54) is 65.0 Å². The van der Waals surface area contributed by atoms with Crippen LogP contribution in [0, 0.1) is 11.8 Å². The summed E-state index contributed by atoms with van der Waals surface area (Å²) in [4.78, 5) is 5.08. The zero-order chi connectivity index (χ0) is 12.1. The van der Waals surface area contributed by atoms with Crippen LogP contribution < -0.4 is 5.32 Å². The van der Waals surface area contributed by atoms with Crippen molar-refractivity contribution in [1.82, 2.24) is 15.1 Å². The van der Waals surface area contributed by atoms with Crippen LogP contribution in [0.25, 0.3) is 0 Å². The van der Waals surface area contributed by atoms with Crippen molar-refractivity contribution < 1.29 is 0 Å². The molecule has 3 nitrogen and oxygen atoms in total. The van der Waals surface area contributed by atoms with E-state index in [0.717, 1.165) is 11.8 Å². The van der Waals surface area contributed by atoms with Gasteiger partial charge in [-0.1, -0.05) is 0 Å². The highest BCUT2D eigenvalue weighted by Gasteiger charge is 2.20. The molecule has 0 amide bonds. The van der Waals surface area contributed by atoms with Gasteiger partial charge in [-0.15, -0.1) is 0 Å². The average Bonchev–Trinajstić information content (AvgIpc) is 2.30. The highest BCUT2D eigenvalue weighted by Crippen LogP contribution is 2.18. The van der Waals surface area contributed by atoms with Gasteiger partial charge in [-0.3, -0.25) is 0 Å². The Kier molecular flexibility index (Phi) is 5.26. The molecule has 0 bridgehead atoms. The molecule has 0 aromatic rings. The van der Waals surface area contributed by atoms with Gasteiger partial charge in [0.15, 0.2) is 0 Å². The zero-order valence-corrected chi connectivity index (χ0v) is 11.6. The predicted octanol–water partition coefficient (Wildman–Crippen LogP) is 1.26. The molecular weight excluding hydrogens is 210 g/mol. The summed E-state index contributed by atoms with van der Waals surface area (Å²) in [5.74, 6) is 1.84. The summed E-state index contributed by atoms with van der Waals surface area (Å²) < 4.78 is 0. The van der Waals surface area contributed by atoms with Crippen LogP contribution in [0.2, 0.25) is 0 Å². The molecular formula is C14H29N3. The number of likely N-dealkylation sites (tertiary alicyclic amines) is 1. The van der Waals surface area contributed by atoms with Crippen molar-refractivity contribution in [1.29, 1.82) is 0 Å². The van der Waals surface area contributed by atoms with Gasteiger partial charge in [0, 0.05) is 19.6 Å². The highest BCUT2D eigenvalue weighted by atomic mass is 15.1. The van der Waals surface area contributed by atoms with E-state index in [9.17, 15) is 0 Å². The van der Waals surface area contributed by atoms with Crippen LogP contribution in [0.15, 0.2) is 0 Å². The molecule has 0 radical (unpaired) electrons. The molecule has 0 aromatic carbocycles. The van der Waals surface area contributed by atoms with Crippen molar-refractivity contribution in [2.75, 3.05) is 53.4 Å². The summed E-state index contributed by atoms with van der Waals surface area (Å²) in [6, 6.07) is 0. The van der Waals surface area contributed by atoms with E-state index in [-0.39, 0.29) is 0 Å². The van der Waals surface area contributed by atoms with Crippen LogP contribution in [0.1, 0.15) is 25.7 Å². The lowest BCUT2D eigenvalue weighted by Crippen LogP contribution is -2.40. The van der Waals surface area contributed by atoms with Gasteiger partial charge in [0.2, 0.25) is 0 Å². The van der Waals surface area contributed by atoms with Gasteiger partial charge in [0.1, 0.15) is 0 Å². The largest absolute Gasteiger partial charge is 0.317 e. The van der Waals surface area contributed by atoms with E-state index in [2.05, 4.69) is 29.2 Å². The fraction of sp³-hybridized carbons (Fsp3) is 1.00. The summed E-state index contributed by atoms with van der Waals surface area (Å²) >= 11 is 0. The van der Waals surface area contributed by atoms with Crippen LogP contribution in [-0.2, 0) is 0 Å². The molecule has 0 aliphatic carbocycles. The second kappa shape index (κ2) is 6.72. The Morgan fingerprint density at radius 1 is 1.12 bits per heavy atom. The van der Waals surface area contributed by atoms with E-state index in [1.54, 1.807) is 0 Å². The second-order valence-electron chi connectivity index (χ2n) is 6.19. The van der Waals surface area contributed by atoms with Gasteiger partial charge < -0.3 is 15.1 Å². The highest BCUT2D eigenvalue weighted by molar-refractivity contribution is 4.76. The molecule has 0 saturated carbocycles. The molecule has 2 saturated heterocycles. The number of nitrogens with zero attached hydrogens (tertiary/aromatic N) is 2. The van der Waals surface area contributed by atoms with Crippen molar-refractivity contribution in [3.8, 4) is 0 Å². The fourth-order valence-electron chi connectivity index (χ4n) is 3.44. The first-order valence-electron chi connectivity index (χ1n) is 7.32. The summed E-state index contributed by atoms with van der Waals surface area (Å²) in [5, 5.41) is 3.45. The molecule has 1 atom stereocenters. The van der Waals surface area contributed by atoms with Crippen LogP contribution in [0.5, 0.6) is 0 Å². The Balaban J connectivity index is 1.66. The van der Waals surface area contributed by atoms with E-state index < -0.39 is 0 Å². The fourth-order valence-corrected chi connectivity index (χ4v) is 3.44. The molecule has 2 aliphatic rings. The number of rotatable bonds is 4. The second-order valence-corrected chi connectivity index (χ2v) is 6.19. The van der Waals surface area contributed by atoms with Gasteiger partial charge in [-0.25, -0.2) is 0 Å². The monoisotopic (exact) mass is 239 g/mol. The lowest BCUT2D eigenvalue weighted by Gasteiger charge is -2.34. The quantitative estimate of drug-likeness (QED) is 0.797. The SMILES string of the molecule is CN1CCCC(CN(C)CC2CCNCC2)C1. The summed E-state index contributed by atoms with van der Waals surface area (Å²) in [6.45, 7) is 7.66. The van der Waals surface area contributed by atoms with Gasteiger partial charge >= 0.3 is 0 Å². The molecule has 2 fully saturated rings. The Morgan fingerprint density at radius 3 is 2.53 bits per heavy atom. The van der Waals surface area contributed by atoms with Crippen LogP contribution in [0.4, 0.5) is 0 Å². The number of hydrogen-bond donors (Lipinski definition) is 1. The van der Waals surface area contributed by atoms with Crippen LogP contribution in [-0.4, -0.2) is 63.2 Å². The van der Waals surface area contributed by atoms with Crippen molar-refractivity contribution in [2.24, 2.45) is 11.8 Å². The Labute approximate surface area is 107 Å². The Bertz CT molecular complexity index is 214. The third kappa shape index (κ3) is 4.57. The van der Waals surface area contributed by atoms with Crippen molar-refractivity contribution in [3.63, 3.8) is 0 Å². The maximum absolute atomic E-state index is 3.45. The zero-order valence-electron chi connectivity index (χ0n) is 11.6.